The van der Waals surface area contributed by atoms with Crippen molar-refractivity contribution in [3.8, 4) is 0 Å². The average molecular weight is 239 g/mol. The van der Waals surface area contributed by atoms with Gasteiger partial charge in [0, 0.05) is 11.4 Å². The number of hydrogen-bond acceptors (Lipinski definition) is 2. The minimum Gasteiger partial charge on any atom is -0.313 e. The summed E-state index contributed by atoms with van der Waals surface area (Å²) < 4.78 is 0. The van der Waals surface area contributed by atoms with Crippen molar-refractivity contribution in [2.45, 2.75) is 31.8 Å². The van der Waals surface area contributed by atoms with Gasteiger partial charge < -0.3 is 5.73 Å². The van der Waals surface area contributed by atoms with Crippen molar-refractivity contribution in [3.05, 3.63) is 34.9 Å². The molecule has 1 unspecified atom stereocenters. The lowest BCUT2D eigenvalue weighted by atomic mass is 10.0. The van der Waals surface area contributed by atoms with E-state index in [-0.39, 0.29) is 5.66 Å². The van der Waals surface area contributed by atoms with E-state index in [1.807, 2.05) is 18.2 Å². The van der Waals surface area contributed by atoms with Crippen molar-refractivity contribution in [2.24, 2.45) is 5.73 Å². The molecule has 1 aromatic carbocycles. The first-order chi connectivity index (χ1) is 7.59. The third kappa shape index (κ3) is 2.57. The van der Waals surface area contributed by atoms with Crippen LogP contribution in [0.4, 0.5) is 0 Å². The molecule has 0 aromatic heterocycles. The first kappa shape index (κ1) is 11.9. The first-order valence-electron chi connectivity index (χ1n) is 5.87. The van der Waals surface area contributed by atoms with Gasteiger partial charge in [-0.15, -0.1) is 0 Å². The molecule has 1 aromatic rings. The molecule has 88 valence electrons. The number of halogens is 1. The normalized spacial score (nSPS) is 20.9. The zero-order valence-electron chi connectivity index (χ0n) is 9.75. The first-order valence-corrected chi connectivity index (χ1v) is 6.25. The second-order valence-corrected chi connectivity index (χ2v) is 5.23. The Hall–Kier alpha value is -0.570. The SMILES string of the molecule is CC(N)(Cc1ccccc1Cl)N1CCCC1. The second kappa shape index (κ2) is 4.74. The van der Waals surface area contributed by atoms with Gasteiger partial charge in [-0.05, 0) is 44.5 Å². The van der Waals surface area contributed by atoms with Crippen LogP contribution in [0.5, 0.6) is 0 Å². The maximum Gasteiger partial charge on any atom is 0.0700 e. The van der Waals surface area contributed by atoms with Gasteiger partial charge in [0.2, 0.25) is 0 Å². The molecule has 0 spiro atoms. The van der Waals surface area contributed by atoms with Crippen LogP contribution in [0.15, 0.2) is 24.3 Å². The Morgan fingerprint density at radius 3 is 2.56 bits per heavy atom. The van der Waals surface area contributed by atoms with Crippen LogP contribution in [0, 0.1) is 0 Å². The van der Waals surface area contributed by atoms with Gasteiger partial charge in [-0.25, -0.2) is 0 Å². The molecule has 1 aliphatic rings. The highest BCUT2D eigenvalue weighted by atomic mass is 35.5. The monoisotopic (exact) mass is 238 g/mol. The van der Waals surface area contributed by atoms with Crippen molar-refractivity contribution in [2.75, 3.05) is 13.1 Å². The van der Waals surface area contributed by atoms with E-state index in [1.165, 1.54) is 12.8 Å². The highest BCUT2D eigenvalue weighted by molar-refractivity contribution is 6.31. The number of nitrogens with two attached hydrogens (primary N) is 1. The number of rotatable bonds is 3. The van der Waals surface area contributed by atoms with Crippen LogP contribution in [0.25, 0.3) is 0 Å². The van der Waals surface area contributed by atoms with E-state index in [1.54, 1.807) is 0 Å². The van der Waals surface area contributed by atoms with Gasteiger partial charge in [0.25, 0.3) is 0 Å². The lowest BCUT2D eigenvalue weighted by Crippen LogP contribution is -2.54. The Morgan fingerprint density at radius 1 is 1.31 bits per heavy atom. The van der Waals surface area contributed by atoms with Crippen molar-refractivity contribution in [1.29, 1.82) is 0 Å². The lowest BCUT2D eigenvalue weighted by molar-refractivity contribution is 0.142. The molecule has 0 saturated carbocycles. The number of benzene rings is 1. The molecular formula is C13H19ClN2. The maximum atomic E-state index is 6.39. The summed E-state index contributed by atoms with van der Waals surface area (Å²) in [5, 5.41) is 0.818. The Morgan fingerprint density at radius 2 is 1.94 bits per heavy atom. The molecule has 16 heavy (non-hydrogen) atoms. The van der Waals surface area contributed by atoms with Crippen LogP contribution >= 0.6 is 11.6 Å². The predicted molar refractivity (Wildman–Crippen MR) is 68.6 cm³/mol. The largest absolute Gasteiger partial charge is 0.313 e. The van der Waals surface area contributed by atoms with E-state index in [2.05, 4.69) is 17.9 Å². The van der Waals surface area contributed by atoms with Gasteiger partial charge in [0.05, 0.1) is 5.66 Å². The van der Waals surface area contributed by atoms with Crippen molar-refractivity contribution >= 4 is 11.6 Å². The summed E-state index contributed by atoms with van der Waals surface area (Å²) in [5.41, 5.74) is 7.25. The molecule has 0 bridgehead atoms. The molecule has 1 heterocycles. The Balaban J connectivity index is 2.10. The van der Waals surface area contributed by atoms with Crippen LogP contribution in [0.3, 0.4) is 0 Å². The van der Waals surface area contributed by atoms with Crippen LogP contribution < -0.4 is 5.73 Å². The van der Waals surface area contributed by atoms with Gasteiger partial charge in [-0.2, -0.15) is 0 Å². The molecule has 0 aliphatic carbocycles. The van der Waals surface area contributed by atoms with Crippen LogP contribution in [-0.2, 0) is 6.42 Å². The quantitative estimate of drug-likeness (QED) is 0.877. The molecule has 2 rings (SSSR count). The summed E-state index contributed by atoms with van der Waals surface area (Å²) in [7, 11) is 0. The average Bonchev–Trinajstić information content (AvgIpc) is 2.75. The van der Waals surface area contributed by atoms with E-state index in [0.717, 1.165) is 30.1 Å². The van der Waals surface area contributed by atoms with E-state index in [0.29, 0.717) is 0 Å². The molecule has 2 nitrogen and oxygen atoms in total. The molecule has 1 saturated heterocycles. The van der Waals surface area contributed by atoms with E-state index in [4.69, 9.17) is 17.3 Å². The summed E-state index contributed by atoms with van der Waals surface area (Å²) in [4.78, 5) is 2.36. The smallest absolute Gasteiger partial charge is 0.0700 e. The zero-order valence-corrected chi connectivity index (χ0v) is 10.5. The fraction of sp³-hybridized carbons (Fsp3) is 0.538. The minimum absolute atomic E-state index is 0.276. The fourth-order valence-electron chi connectivity index (χ4n) is 2.37. The summed E-state index contributed by atoms with van der Waals surface area (Å²) >= 11 is 6.16. The summed E-state index contributed by atoms with van der Waals surface area (Å²) in [6, 6.07) is 7.96. The van der Waals surface area contributed by atoms with Gasteiger partial charge in [0.1, 0.15) is 0 Å². The van der Waals surface area contributed by atoms with Gasteiger partial charge >= 0.3 is 0 Å². The van der Waals surface area contributed by atoms with Gasteiger partial charge in [0.15, 0.2) is 0 Å². The Bertz CT molecular complexity index is 357. The Kier molecular flexibility index (Phi) is 3.53. The molecule has 1 aliphatic heterocycles. The molecule has 0 radical (unpaired) electrons. The highest BCUT2D eigenvalue weighted by Crippen LogP contribution is 2.24. The Labute approximate surface area is 102 Å². The summed E-state index contributed by atoms with van der Waals surface area (Å²) in [6.07, 6.45) is 3.33. The fourth-order valence-corrected chi connectivity index (χ4v) is 2.57. The third-order valence-corrected chi connectivity index (χ3v) is 3.70. The minimum atomic E-state index is -0.276. The number of nitrogens with zero attached hydrogens (tertiary/aromatic N) is 1. The molecule has 1 atom stereocenters. The number of likely N-dealkylation sites (tertiary alicyclic amines) is 1. The molecule has 1 fully saturated rings. The number of hydrogen-bond donors (Lipinski definition) is 1. The van der Waals surface area contributed by atoms with E-state index in [9.17, 15) is 0 Å². The zero-order chi connectivity index (χ0) is 11.6. The lowest BCUT2D eigenvalue weighted by Gasteiger charge is -2.35. The van der Waals surface area contributed by atoms with E-state index >= 15 is 0 Å². The van der Waals surface area contributed by atoms with Gasteiger partial charge in [-0.1, -0.05) is 29.8 Å². The third-order valence-electron chi connectivity index (χ3n) is 3.33. The second-order valence-electron chi connectivity index (χ2n) is 4.82. The standard InChI is InChI=1S/C13H19ClN2/c1-13(15,16-8-4-5-9-16)10-11-6-2-3-7-12(11)14/h2-3,6-7H,4-5,8-10,15H2,1H3. The van der Waals surface area contributed by atoms with Crippen LogP contribution in [0.1, 0.15) is 25.3 Å². The molecule has 3 heteroatoms. The topological polar surface area (TPSA) is 29.3 Å². The van der Waals surface area contributed by atoms with Crippen LogP contribution in [-0.4, -0.2) is 23.7 Å². The summed E-state index contributed by atoms with van der Waals surface area (Å²) in [5.74, 6) is 0. The summed E-state index contributed by atoms with van der Waals surface area (Å²) in [6.45, 7) is 4.32. The molecule has 0 amide bonds. The van der Waals surface area contributed by atoms with Crippen molar-refractivity contribution < 1.29 is 0 Å². The van der Waals surface area contributed by atoms with Crippen molar-refractivity contribution in [1.82, 2.24) is 4.90 Å². The van der Waals surface area contributed by atoms with Crippen LogP contribution in [0.2, 0.25) is 5.02 Å². The highest BCUT2D eigenvalue weighted by Gasteiger charge is 2.30. The molecular weight excluding hydrogens is 220 g/mol. The molecule has 2 N–H and O–H groups in total. The predicted octanol–water partition coefficient (Wildman–Crippen LogP) is 2.65. The van der Waals surface area contributed by atoms with Gasteiger partial charge in [-0.3, -0.25) is 4.90 Å². The maximum absolute atomic E-state index is 6.39. The van der Waals surface area contributed by atoms with Crippen molar-refractivity contribution in [3.63, 3.8) is 0 Å². The van der Waals surface area contributed by atoms with E-state index < -0.39 is 0 Å².